The molecule has 3 rings (SSSR count). The minimum Gasteiger partial charge on any atom is -0.494 e. The van der Waals surface area contributed by atoms with Gasteiger partial charge in [-0.1, -0.05) is 94.4 Å². The van der Waals surface area contributed by atoms with Crippen LogP contribution in [0.15, 0.2) is 48.5 Å². The van der Waals surface area contributed by atoms with Gasteiger partial charge in [0.15, 0.2) is 0 Å². The van der Waals surface area contributed by atoms with Gasteiger partial charge in [-0.2, -0.15) is 13.2 Å². The first-order chi connectivity index (χ1) is 17.9. The average molecular weight is 533 g/mol. The van der Waals surface area contributed by atoms with Crippen molar-refractivity contribution in [2.45, 2.75) is 90.7 Å². The van der Waals surface area contributed by atoms with E-state index >= 15 is 0 Å². The van der Waals surface area contributed by atoms with Crippen molar-refractivity contribution < 1.29 is 17.9 Å². The summed E-state index contributed by atoms with van der Waals surface area (Å²) in [4.78, 5) is 0. The molecule has 0 aliphatic heterocycles. The second kappa shape index (κ2) is 15.1. The van der Waals surface area contributed by atoms with Gasteiger partial charge >= 0.3 is 6.18 Å². The molecule has 37 heavy (non-hydrogen) atoms. The highest BCUT2D eigenvalue weighted by atomic mass is 32.1. The summed E-state index contributed by atoms with van der Waals surface area (Å²) in [5, 5.41) is 10.4. The minimum atomic E-state index is -4.18. The third-order valence-corrected chi connectivity index (χ3v) is 7.67. The summed E-state index contributed by atoms with van der Waals surface area (Å²) in [6.07, 6.45) is 5.56. The molecule has 1 aromatic heterocycles. The van der Waals surface area contributed by atoms with Crippen LogP contribution in [0, 0.1) is 5.92 Å². The summed E-state index contributed by atoms with van der Waals surface area (Å²) in [7, 11) is 0. The zero-order valence-corrected chi connectivity index (χ0v) is 22.8. The predicted molar refractivity (Wildman–Crippen MR) is 147 cm³/mol. The maximum absolute atomic E-state index is 13.3. The van der Waals surface area contributed by atoms with E-state index in [0.717, 1.165) is 46.8 Å². The number of unbranched alkanes of at least 4 members (excludes halogenated alkanes) is 6. The lowest BCUT2D eigenvalue weighted by molar-refractivity contribution is -0.179. The van der Waals surface area contributed by atoms with Gasteiger partial charge in [0.1, 0.15) is 15.8 Å². The third kappa shape index (κ3) is 9.76. The molecule has 0 spiro atoms. The highest BCUT2D eigenvalue weighted by Crippen LogP contribution is 2.34. The molecule has 0 aliphatic rings. The number of halogens is 3. The molecule has 0 saturated carbocycles. The van der Waals surface area contributed by atoms with E-state index in [9.17, 15) is 13.2 Å². The first-order valence-corrected chi connectivity index (χ1v) is 14.4. The molecule has 202 valence electrons. The van der Waals surface area contributed by atoms with Gasteiger partial charge in [-0.3, -0.25) is 0 Å². The smallest absolute Gasteiger partial charge is 0.391 e. The average Bonchev–Trinajstić information content (AvgIpc) is 3.38. The van der Waals surface area contributed by atoms with E-state index in [0.29, 0.717) is 12.2 Å². The SMILES string of the molecule is CCCCCCc1ccc(-c2nnc(-c3ccc(OCCC(CCCCCC)C(F)(F)F)cc3)s2)cc1. The van der Waals surface area contributed by atoms with Crippen molar-refractivity contribution in [3.63, 3.8) is 0 Å². The Labute approximate surface area is 223 Å². The lowest BCUT2D eigenvalue weighted by Gasteiger charge is -2.20. The number of benzene rings is 2. The first-order valence-electron chi connectivity index (χ1n) is 13.6. The molecule has 1 atom stereocenters. The van der Waals surface area contributed by atoms with Crippen molar-refractivity contribution in [1.82, 2.24) is 10.2 Å². The lowest BCUT2D eigenvalue weighted by atomic mass is 9.97. The Morgan fingerprint density at radius 2 is 1.30 bits per heavy atom. The highest BCUT2D eigenvalue weighted by molar-refractivity contribution is 7.17. The first kappa shape index (κ1) is 29.2. The second-order valence-corrected chi connectivity index (χ2v) is 10.6. The molecule has 7 heteroatoms. The number of rotatable bonds is 16. The fourth-order valence-electron chi connectivity index (χ4n) is 4.33. The van der Waals surface area contributed by atoms with Gasteiger partial charge in [0, 0.05) is 11.1 Å². The minimum absolute atomic E-state index is 0.0192. The van der Waals surface area contributed by atoms with Crippen LogP contribution >= 0.6 is 11.3 Å². The van der Waals surface area contributed by atoms with Gasteiger partial charge in [-0.05, 0) is 55.5 Å². The van der Waals surface area contributed by atoms with E-state index in [4.69, 9.17) is 4.74 Å². The number of aromatic nitrogens is 2. The Hall–Kier alpha value is -2.41. The van der Waals surface area contributed by atoms with Crippen LogP contribution < -0.4 is 4.74 Å². The van der Waals surface area contributed by atoms with Crippen LogP contribution in [0.5, 0.6) is 5.75 Å². The van der Waals surface area contributed by atoms with Crippen LogP contribution in [0.1, 0.15) is 83.6 Å². The van der Waals surface area contributed by atoms with E-state index in [1.54, 1.807) is 12.1 Å². The Balaban J connectivity index is 1.50. The normalized spacial score (nSPS) is 12.6. The summed E-state index contributed by atoms with van der Waals surface area (Å²) < 4.78 is 45.7. The van der Waals surface area contributed by atoms with Gasteiger partial charge in [0.2, 0.25) is 0 Å². The van der Waals surface area contributed by atoms with Crippen LogP contribution in [0.2, 0.25) is 0 Å². The van der Waals surface area contributed by atoms with E-state index in [1.807, 2.05) is 12.1 Å². The van der Waals surface area contributed by atoms with Crippen molar-refractivity contribution in [1.29, 1.82) is 0 Å². The molecule has 0 bridgehead atoms. The van der Waals surface area contributed by atoms with E-state index in [1.165, 1.54) is 42.6 Å². The predicted octanol–water partition coefficient (Wildman–Crippen LogP) is 9.91. The number of aryl methyl sites for hydroxylation is 1. The topological polar surface area (TPSA) is 35.0 Å². The Morgan fingerprint density at radius 1 is 0.730 bits per heavy atom. The molecular weight excluding hydrogens is 493 g/mol. The number of nitrogens with zero attached hydrogens (tertiary/aromatic N) is 2. The van der Waals surface area contributed by atoms with Gasteiger partial charge in [-0.25, -0.2) is 0 Å². The van der Waals surface area contributed by atoms with Crippen molar-refractivity contribution in [2.75, 3.05) is 6.61 Å². The van der Waals surface area contributed by atoms with Crippen molar-refractivity contribution in [3.05, 3.63) is 54.1 Å². The molecule has 0 N–H and O–H groups in total. The van der Waals surface area contributed by atoms with Crippen LogP contribution in [-0.2, 0) is 6.42 Å². The lowest BCUT2D eigenvalue weighted by Crippen LogP contribution is -2.25. The van der Waals surface area contributed by atoms with Gasteiger partial charge in [-0.15, -0.1) is 10.2 Å². The molecule has 0 radical (unpaired) electrons. The van der Waals surface area contributed by atoms with Crippen LogP contribution in [0.3, 0.4) is 0 Å². The Bertz CT molecular complexity index is 1030. The van der Waals surface area contributed by atoms with Crippen LogP contribution in [0.4, 0.5) is 13.2 Å². The number of alkyl halides is 3. The largest absolute Gasteiger partial charge is 0.494 e. The molecule has 3 aromatic rings. The maximum atomic E-state index is 13.3. The molecule has 0 fully saturated rings. The van der Waals surface area contributed by atoms with Gasteiger partial charge in [0.25, 0.3) is 0 Å². The molecule has 0 amide bonds. The highest BCUT2D eigenvalue weighted by Gasteiger charge is 2.38. The summed E-state index contributed by atoms with van der Waals surface area (Å²) in [6, 6.07) is 15.9. The molecule has 1 heterocycles. The molecule has 1 unspecified atom stereocenters. The fourth-order valence-corrected chi connectivity index (χ4v) is 5.18. The molecule has 0 saturated heterocycles. The van der Waals surface area contributed by atoms with E-state index in [-0.39, 0.29) is 19.4 Å². The number of hydrogen-bond acceptors (Lipinski definition) is 4. The fraction of sp³-hybridized carbons (Fsp3) is 0.533. The Kier molecular flexibility index (Phi) is 11.9. The molecular formula is C30H39F3N2OS. The maximum Gasteiger partial charge on any atom is 0.391 e. The van der Waals surface area contributed by atoms with Gasteiger partial charge < -0.3 is 4.74 Å². The summed E-state index contributed by atoms with van der Waals surface area (Å²) in [5.74, 6) is -0.742. The molecule has 0 aliphatic carbocycles. The summed E-state index contributed by atoms with van der Waals surface area (Å²) in [6.45, 7) is 4.33. The standard InChI is InChI=1S/C30H39F3N2OS/c1-3-5-7-9-11-23-13-15-24(16-14-23)28-34-35-29(37-28)25-17-19-27(20-18-25)36-22-21-26(30(31,32)33)12-10-8-6-4-2/h13-20,26H,3-12,21-22H2,1-2H3. The zero-order valence-electron chi connectivity index (χ0n) is 22.0. The van der Waals surface area contributed by atoms with Crippen molar-refractivity contribution >= 4 is 11.3 Å². The van der Waals surface area contributed by atoms with Crippen molar-refractivity contribution in [3.8, 4) is 26.9 Å². The Morgan fingerprint density at radius 3 is 1.86 bits per heavy atom. The zero-order chi connectivity index (χ0) is 26.5. The number of hydrogen-bond donors (Lipinski definition) is 0. The second-order valence-electron chi connectivity index (χ2n) is 9.67. The summed E-state index contributed by atoms with van der Waals surface area (Å²) in [5.41, 5.74) is 3.31. The van der Waals surface area contributed by atoms with E-state index in [2.05, 4.69) is 48.3 Å². The monoisotopic (exact) mass is 532 g/mol. The van der Waals surface area contributed by atoms with Gasteiger partial charge in [0.05, 0.1) is 12.5 Å². The third-order valence-electron chi connectivity index (χ3n) is 6.65. The van der Waals surface area contributed by atoms with E-state index < -0.39 is 12.1 Å². The molecule has 3 nitrogen and oxygen atoms in total. The quantitative estimate of drug-likeness (QED) is 0.172. The molecule has 2 aromatic carbocycles. The van der Waals surface area contributed by atoms with Crippen LogP contribution in [0.25, 0.3) is 21.1 Å². The van der Waals surface area contributed by atoms with Crippen molar-refractivity contribution in [2.24, 2.45) is 5.92 Å². The number of ether oxygens (including phenoxy) is 1. The summed E-state index contributed by atoms with van der Waals surface area (Å²) >= 11 is 1.52. The van der Waals surface area contributed by atoms with Crippen LogP contribution in [-0.4, -0.2) is 23.0 Å².